The minimum absolute atomic E-state index is 0.0904. The first-order chi connectivity index (χ1) is 12.3. The summed E-state index contributed by atoms with van der Waals surface area (Å²) >= 11 is 0. The molecule has 2 rings (SSSR count). The number of carbonyl (C=O) groups is 2. The SMILES string of the molecule is COc1ccc(CN(C)C(=O)CNC(=O)c2cc(C)nn2C)cc1OC. The molecule has 1 N–H and O–H groups in total. The zero-order chi connectivity index (χ0) is 19.3. The highest BCUT2D eigenvalue weighted by atomic mass is 16.5. The van der Waals surface area contributed by atoms with Crippen LogP contribution in [0.3, 0.4) is 0 Å². The van der Waals surface area contributed by atoms with Crippen LogP contribution in [0.25, 0.3) is 0 Å². The minimum atomic E-state index is -0.332. The number of amides is 2. The summed E-state index contributed by atoms with van der Waals surface area (Å²) in [5.41, 5.74) is 2.06. The van der Waals surface area contributed by atoms with Gasteiger partial charge in [0.1, 0.15) is 5.69 Å². The second kappa shape index (κ2) is 8.37. The van der Waals surface area contributed by atoms with Gasteiger partial charge in [0, 0.05) is 20.6 Å². The normalized spacial score (nSPS) is 10.3. The maximum Gasteiger partial charge on any atom is 0.269 e. The molecule has 0 aliphatic carbocycles. The van der Waals surface area contributed by atoms with Crippen molar-refractivity contribution < 1.29 is 19.1 Å². The first kappa shape index (κ1) is 19.3. The Bertz CT molecular complexity index is 800. The Morgan fingerprint density at radius 1 is 1.19 bits per heavy atom. The summed E-state index contributed by atoms with van der Waals surface area (Å²) in [6.07, 6.45) is 0. The maximum atomic E-state index is 12.3. The topological polar surface area (TPSA) is 85.7 Å². The quantitative estimate of drug-likeness (QED) is 0.800. The van der Waals surface area contributed by atoms with Gasteiger partial charge < -0.3 is 19.7 Å². The van der Waals surface area contributed by atoms with E-state index in [0.29, 0.717) is 23.7 Å². The zero-order valence-electron chi connectivity index (χ0n) is 15.7. The molecular weight excluding hydrogens is 336 g/mol. The molecule has 0 fully saturated rings. The lowest BCUT2D eigenvalue weighted by Crippen LogP contribution is -2.38. The summed E-state index contributed by atoms with van der Waals surface area (Å²) in [5, 5.41) is 6.74. The number of aromatic nitrogens is 2. The van der Waals surface area contributed by atoms with E-state index in [1.807, 2.05) is 12.1 Å². The lowest BCUT2D eigenvalue weighted by Gasteiger charge is -2.18. The summed E-state index contributed by atoms with van der Waals surface area (Å²) < 4.78 is 12.0. The van der Waals surface area contributed by atoms with Gasteiger partial charge in [-0.15, -0.1) is 0 Å². The third-order valence-electron chi connectivity index (χ3n) is 3.93. The van der Waals surface area contributed by atoms with Gasteiger partial charge in [-0.05, 0) is 30.7 Å². The van der Waals surface area contributed by atoms with Crippen molar-refractivity contribution in [3.8, 4) is 11.5 Å². The van der Waals surface area contributed by atoms with Crippen molar-refractivity contribution in [3.63, 3.8) is 0 Å². The van der Waals surface area contributed by atoms with Gasteiger partial charge in [0.25, 0.3) is 5.91 Å². The molecule has 0 unspecified atom stereocenters. The Hall–Kier alpha value is -3.03. The fourth-order valence-electron chi connectivity index (χ4n) is 2.55. The number of ether oxygens (including phenoxy) is 2. The third-order valence-corrected chi connectivity index (χ3v) is 3.93. The molecule has 1 aromatic heterocycles. The number of aryl methyl sites for hydroxylation is 2. The predicted molar refractivity (Wildman–Crippen MR) is 96.3 cm³/mol. The standard InChI is InChI=1S/C18H24N4O4/c1-12-8-14(22(3)20-12)18(24)19-10-17(23)21(2)11-13-6-7-15(25-4)16(9-13)26-5/h6-9H,10-11H2,1-5H3,(H,19,24). The third kappa shape index (κ3) is 4.53. The van der Waals surface area contributed by atoms with E-state index in [0.717, 1.165) is 11.3 Å². The summed E-state index contributed by atoms with van der Waals surface area (Å²) in [6, 6.07) is 7.15. The summed E-state index contributed by atoms with van der Waals surface area (Å²) in [7, 11) is 6.50. The molecule has 8 nitrogen and oxygen atoms in total. The van der Waals surface area contributed by atoms with Crippen LogP contribution in [0.5, 0.6) is 11.5 Å². The number of nitrogens with zero attached hydrogens (tertiary/aromatic N) is 3. The summed E-state index contributed by atoms with van der Waals surface area (Å²) in [4.78, 5) is 26.0. The summed E-state index contributed by atoms with van der Waals surface area (Å²) in [5.74, 6) is 0.697. The second-order valence-corrected chi connectivity index (χ2v) is 5.92. The minimum Gasteiger partial charge on any atom is -0.493 e. The van der Waals surface area contributed by atoms with Crippen molar-refractivity contribution in [3.05, 3.63) is 41.2 Å². The highest BCUT2D eigenvalue weighted by Gasteiger charge is 2.15. The predicted octanol–water partition coefficient (Wildman–Crippen LogP) is 1.13. The van der Waals surface area contributed by atoms with Gasteiger partial charge in [-0.1, -0.05) is 6.07 Å². The monoisotopic (exact) mass is 360 g/mol. The van der Waals surface area contributed by atoms with Crippen LogP contribution < -0.4 is 14.8 Å². The van der Waals surface area contributed by atoms with Crippen LogP contribution in [-0.2, 0) is 18.4 Å². The van der Waals surface area contributed by atoms with E-state index >= 15 is 0 Å². The number of carbonyl (C=O) groups excluding carboxylic acids is 2. The number of hydrogen-bond donors (Lipinski definition) is 1. The van der Waals surface area contributed by atoms with Crippen LogP contribution in [0.4, 0.5) is 0 Å². The lowest BCUT2D eigenvalue weighted by molar-refractivity contribution is -0.129. The fourth-order valence-corrected chi connectivity index (χ4v) is 2.55. The number of hydrogen-bond acceptors (Lipinski definition) is 5. The molecule has 0 atom stereocenters. The Labute approximate surface area is 152 Å². The van der Waals surface area contributed by atoms with Crippen molar-refractivity contribution in [1.29, 1.82) is 0 Å². The number of likely N-dealkylation sites (N-methyl/N-ethyl adjacent to an activating group) is 1. The molecule has 0 radical (unpaired) electrons. The van der Waals surface area contributed by atoms with Crippen LogP contribution in [0.15, 0.2) is 24.3 Å². The van der Waals surface area contributed by atoms with Crippen molar-refractivity contribution in [2.75, 3.05) is 27.8 Å². The number of nitrogens with one attached hydrogen (secondary N) is 1. The largest absolute Gasteiger partial charge is 0.493 e. The Morgan fingerprint density at radius 2 is 1.88 bits per heavy atom. The van der Waals surface area contributed by atoms with Crippen LogP contribution in [-0.4, -0.2) is 54.3 Å². The van der Waals surface area contributed by atoms with Gasteiger partial charge >= 0.3 is 0 Å². The van der Waals surface area contributed by atoms with Gasteiger partial charge in [-0.25, -0.2) is 0 Å². The molecule has 0 aliphatic heterocycles. The van der Waals surface area contributed by atoms with E-state index < -0.39 is 0 Å². The fraction of sp³-hybridized carbons (Fsp3) is 0.389. The van der Waals surface area contributed by atoms with Crippen LogP contribution in [0.2, 0.25) is 0 Å². The number of rotatable bonds is 7. The highest BCUT2D eigenvalue weighted by Crippen LogP contribution is 2.27. The van der Waals surface area contributed by atoms with Crippen molar-refractivity contribution in [2.45, 2.75) is 13.5 Å². The molecule has 1 aromatic carbocycles. The molecule has 140 valence electrons. The van der Waals surface area contributed by atoms with Gasteiger partial charge in [0.05, 0.1) is 26.5 Å². The first-order valence-electron chi connectivity index (χ1n) is 8.09. The van der Waals surface area contributed by atoms with Crippen LogP contribution in [0.1, 0.15) is 21.7 Å². The van der Waals surface area contributed by atoms with Crippen molar-refractivity contribution in [2.24, 2.45) is 7.05 Å². The van der Waals surface area contributed by atoms with Gasteiger partial charge in [0.2, 0.25) is 5.91 Å². The zero-order valence-corrected chi connectivity index (χ0v) is 15.7. The Balaban J connectivity index is 1.93. The molecule has 1 heterocycles. The van der Waals surface area contributed by atoms with Crippen molar-refractivity contribution in [1.82, 2.24) is 20.0 Å². The van der Waals surface area contributed by atoms with E-state index in [9.17, 15) is 9.59 Å². The average molecular weight is 360 g/mol. The maximum absolute atomic E-state index is 12.3. The Kier molecular flexibility index (Phi) is 6.21. The molecule has 8 heteroatoms. The van der Waals surface area contributed by atoms with Crippen LogP contribution >= 0.6 is 0 Å². The molecule has 0 saturated heterocycles. The van der Waals surface area contributed by atoms with Crippen LogP contribution in [0, 0.1) is 6.92 Å². The summed E-state index contributed by atoms with van der Waals surface area (Å²) in [6.45, 7) is 2.10. The average Bonchev–Trinajstić information content (AvgIpc) is 2.97. The molecular formula is C18H24N4O4. The lowest BCUT2D eigenvalue weighted by atomic mass is 10.2. The molecule has 0 aliphatic rings. The molecule has 0 saturated carbocycles. The van der Waals surface area contributed by atoms with E-state index in [1.165, 1.54) is 9.58 Å². The molecule has 26 heavy (non-hydrogen) atoms. The smallest absolute Gasteiger partial charge is 0.269 e. The molecule has 0 spiro atoms. The second-order valence-electron chi connectivity index (χ2n) is 5.92. The first-order valence-corrected chi connectivity index (χ1v) is 8.09. The highest BCUT2D eigenvalue weighted by molar-refractivity contribution is 5.95. The van der Waals surface area contributed by atoms with Gasteiger partial charge in [-0.3, -0.25) is 14.3 Å². The molecule has 2 aromatic rings. The van der Waals surface area contributed by atoms with E-state index in [1.54, 1.807) is 47.4 Å². The number of benzene rings is 1. The Morgan fingerprint density at radius 3 is 2.46 bits per heavy atom. The van der Waals surface area contributed by atoms with Gasteiger partial charge in [0.15, 0.2) is 11.5 Å². The molecule has 0 bridgehead atoms. The van der Waals surface area contributed by atoms with Gasteiger partial charge in [-0.2, -0.15) is 5.10 Å². The number of methoxy groups -OCH3 is 2. The molecule has 2 amide bonds. The van der Waals surface area contributed by atoms with E-state index in [-0.39, 0.29) is 18.4 Å². The van der Waals surface area contributed by atoms with E-state index in [4.69, 9.17) is 9.47 Å². The van der Waals surface area contributed by atoms with Crippen molar-refractivity contribution >= 4 is 11.8 Å². The van der Waals surface area contributed by atoms with E-state index in [2.05, 4.69) is 10.4 Å².